The van der Waals surface area contributed by atoms with E-state index in [9.17, 15) is 9.59 Å². The molecule has 0 radical (unpaired) electrons. The molecule has 0 atom stereocenters. The van der Waals surface area contributed by atoms with Crippen molar-refractivity contribution in [2.45, 2.75) is 58.4 Å². The largest absolute Gasteiger partial charge is 0.340 e. The fourth-order valence-corrected chi connectivity index (χ4v) is 5.65. The normalized spacial score (nSPS) is 17.2. The number of rotatable bonds is 10. The standard InChI is InChI=1S/C26H36N4O2S/c1-3-24-23(28-26(33-24)21-9-7-20(8-10-21)19(2)31)11-13-27-14-12-25(32)30-17-15-29(16-18-30)22-5-4-6-22/h7-10,22,27H,3-6,11-18H2,1-2H3. The molecule has 4 rings (SSSR count). The Balaban J connectivity index is 1.19. The van der Waals surface area contributed by atoms with Crippen LogP contribution in [0.3, 0.4) is 0 Å². The number of carbonyl (C=O) groups is 2. The number of benzene rings is 1. The number of amides is 1. The number of Topliss-reactive ketones (excluding diaryl/α,β-unsaturated/α-hetero) is 1. The van der Waals surface area contributed by atoms with Crippen molar-refractivity contribution in [2.75, 3.05) is 39.3 Å². The molecule has 2 fully saturated rings. The van der Waals surface area contributed by atoms with Gasteiger partial charge in [0.25, 0.3) is 0 Å². The Kier molecular flexibility index (Phi) is 8.28. The number of aromatic nitrogens is 1. The molecule has 2 aliphatic rings. The van der Waals surface area contributed by atoms with Gasteiger partial charge < -0.3 is 10.2 Å². The van der Waals surface area contributed by atoms with Crippen molar-refractivity contribution in [1.82, 2.24) is 20.1 Å². The maximum Gasteiger partial charge on any atom is 0.223 e. The van der Waals surface area contributed by atoms with Gasteiger partial charge in [-0.2, -0.15) is 0 Å². The maximum absolute atomic E-state index is 12.6. The van der Waals surface area contributed by atoms with Crippen molar-refractivity contribution in [3.05, 3.63) is 40.4 Å². The highest BCUT2D eigenvalue weighted by Gasteiger charge is 2.29. The molecule has 1 aliphatic heterocycles. The Hall–Kier alpha value is -2.09. The predicted octanol–water partition coefficient (Wildman–Crippen LogP) is 3.79. The second-order valence-corrected chi connectivity index (χ2v) is 10.2. The van der Waals surface area contributed by atoms with Gasteiger partial charge in [-0.15, -0.1) is 11.3 Å². The monoisotopic (exact) mass is 468 g/mol. The van der Waals surface area contributed by atoms with E-state index >= 15 is 0 Å². The Labute approximate surface area is 201 Å². The first-order valence-corrected chi connectivity index (χ1v) is 13.2. The molecule has 1 saturated heterocycles. The molecule has 1 amide bonds. The molecule has 2 aromatic rings. The van der Waals surface area contributed by atoms with Crippen molar-refractivity contribution in [1.29, 1.82) is 0 Å². The van der Waals surface area contributed by atoms with Crippen LogP contribution in [0.4, 0.5) is 0 Å². The Morgan fingerprint density at radius 3 is 2.42 bits per heavy atom. The van der Waals surface area contributed by atoms with E-state index in [4.69, 9.17) is 4.98 Å². The molecule has 6 nitrogen and oxygen atoms in total. The Morgan fingerprint density at radius 2 is 1.82 bits per heavy atom. The summed E-state index contributed by atoms with van der Waals surface area (Å²) in [5.74, 6) is 0.353. The van der Waals surface area contributed by atoms with Crippen LogP contribution in [-0.2, 0) is 17.6 Å². The zero-order valence-corrected chi connectivity index (χ0v) is 20.8. The summed E-state index contributed by atoms with van der Waals surface area (Å²) in [5, 5.41) is 4.45. The number of nitrogens with one attached hydrogen (secondary N) is 1. The lowest BCUT2D eigenvalue weighted by atomic mass is 9.91. The summed E-state index contributed by atoms with van der Waals surface area (Å²) in [6, 6.07) is 8.48. The van der Waals surface area contributed by atoms with Gasteiger partial charge in [0.1, 0.15) is 5.01 Å². The molecule has 0 spiro atoms. The minimum Gasteiger partial charge on any atom is -0.340 e. The second-order valence-electron chi connectivity index (χ2n) is 9.13. The van der Waals surface area contributed by atoms with Crippen LogP contribution >= 0.6 is 11.3 Å². The molecule has 1 N–H and O–H groups in total. The molecule has 1 aromatic carbocycles. The number of carbonyl (C=O) groups excluding carboxylic acids is 2. The average molecular weight is 469 g/mol. The zero-order chi connectivity index (χ0) is 23.2. The molecule has 0 bridgehead atoms. The molecule has 1 aliphatic carbocycles. The van der Waals surface area contributed by atoms with Crippen molar-refractivity contribution in [3.63, 3.8) is 0 Å². The molecular formula is C26H36N4O2S. The quantitative estimate of drug-likeness (QED) is 0.425. The molecule has 1 aromatic heterocycles. The number of aryl methyl sites for hydroxylation is 1. The summed E-state index contributed by atoms with van der Waals surface area (Å²) >= 11 is 1.73. The van der Waals surface area contributed by atoms with E-state index < -0.39 is 0 Å². The molecule has 33 heavy (non-hydrogen) atoms. The lowest BCUT2D eigenvalue weighted by Gasteiger charge is -2.43. The van der Waals surface area contributed by atoms with E-state index in [0.29, 0.717) is 13.0 Å². The van der Waals surface area contributed by atoms with Crippen LogP contribution in [0.5, 0.6) is 0 Å². The van der Waals surface area contributed by atoms with Crippen molar-refractivity contribution in [2.24, 2.45) is 0 Å². The molecule has 2 heterocycles. The van der Waals surface area contributed by atoms with Gasteiger partial charge in [0.2, 0.25) is 5.91 Å². The van der Waals surface area contributed by atoms with Crippen molar-refractivity contribution in [3.8, 4) is 10.6 Å². The summed E-state index contributed by atoms with van der Waals surface area (Å²) in [4.78, 5) is 34.9. The van der Waals surface area contributed by atoms with Gasteiger partial charge in [0.05, 0.1) is 5.69 Å². The van der Waals surface area contributed by atoms with E-state index in [1.807, 2.05) is 29.2 Å². The lowest BCUT2D eigenvalue weighted by Crippen LogP contribution is -2.53. The van der Waals surface area contributed by atoms with E-state index in [1.54, 1.807) is 18.3 Å². The number of hydrogen-bond acceptors (Lipinski definition) is 6. The van der Waals surface area contributed by atoms with Crippen LogP contribution in [-0.4, -0.2) is 71.8 Å². The highest BCUT2D eigenvalue weighted by molar-refractivity contribution is 7.15. The lowest BCUT2D eigenvalue weighted by molar-refractivity contribution is -0.133. The smallest absolute Gasteiger partial charge is 0.223 e. The minimum atomic E-state index is 0.0797. The van der Waals surface area contributed by atoms with Gasteiger partial charge in [-0.1, -0.05) is 37.6 Å². The number of thiazole rings is 1. The third-order valence-corrected chi connectivity index (χ3v) is 8.24. The van der Waals surface area contributed by atoms with Gasteiger partial charge in [-0.3, -0.25) is 14.5 Å². The van der Waals surface area contributed by atoms with Crippen molar-refractivity contribution >= 4 is 23.0 Å². The average Bonchev–Trinajstić information content (AvgIpc) is 3.21. The first kappa shape index (κ1) is 24.0. The number of ketones is 1. The van der Waals surface area contributed by atoms with E-state index in [2.05, 4.69) is 17.1 Å². The maximum atomic E-state index is 12.6. The Bertz CT molecular complexity index is 944. The number of hydrogen-bond donors (Lipinski definition) is 1. The van der Waals surface area contributed by atoms with Crippen LogP contribution < -0.4 is 5.32 Å². The van der Waals surface area contributed by atoms with Crippen LogP contribution in [0.1, 0.15) is 60.5 Å². The first-order chi connectivity index (χ1) is 16.0. The first-order valence-electron chi connectivity index (χ1n) is 12.4. The summed E-state index contributed by atoms with van der Waals surface area (Å²) in [7, 11) is 0. The van der Waals surface area contributed by atoms with Gasteiger partial charge in [0.15, 0.2) is 5.78 Å². The minimum absolute atomic E-state index is 0.0797. The highest BCUT2D eigenvalue weighted by Crippen LogP contribution is 2.29. The van der Waals surface area contributed by atoms with Crippen LogP contribution in [0.15, 0.2) is 24.3 Å². The molecule has 1 saturated carbocycles. The topological polar surface area (TPSA) is 65.5 Å². The van der Waals surface area contributed by atoms with Gasteiger partial charge >= 0.3 is 0 Å². The fourth-order valence-electron chi connectivity index (χ4n) is 4.60. The Morgan fingerprint density at radius 1 is 1.09 bits per heavy atom. The van der Waals surface area contributed by atoms with Gasteiger partial charge in [-0.25, -0.2) is 4.98 Å². The highest BCUT2D eigenvalue weighted by atomic mass is 32.1. The summed E-state index contributed by atoms with van der Waals surface area (Å²) in [6.07, 6.45) is 6.43. The predicted molar refractivity (Wildman–Crippen MR) is 134 cm³/mol. The molecule has 0 unspecified atom stereocenters. The molecular weight excluding hydrogens is 432 g/mol. The summed E-state index contributed by atoms with van der Waals surface area (Å²) in [5.41, 5.74) is 2.92. The van der Waals surface area contributed by atoms with Crippen LogP contribution in [0, 0.1) is 0 Å². The number of nitrogens with zero attached hydrogens (tertiary/aromatic N) is 3. The summed E-state index contributed by atoms with van der Waals surface area (Å²) in [6.45, 7) is 9.11. The van der Waals surface area contributed by atoms with Gasteiger partial charge in [-0.05, 0) is 26.2 Å². The number of piperazine rings is 1. The van der Waals surface area contributed by atoms with E-state index in [1.165, 1.54) is 24.1 Å². The zero-order valence-electron chi connectivity index (χ0n) is 19.9. The summed E-state index contributed by atoms with van der Waals surface area (Å²) < 4.78 is 0. The molecule has 7 heteroatoms. The van der Waals surface area contributed by atoms with Crippen LogP contribution in [0.25, 0.3) is 10.6 Å². The fraction of sp³-hybridized carbons (Fsp3) is 0.577. The van der Waals surface area contributed by atoms with E-state index in [0.717, 1.165) is 73.4 Å². The van der Waals surface area contributed by atoms with Crippen LogP contribution in [0.2, 0.25) is 0 Å². The third kappa shape index (κ3) is 6.08. The van der Waals surface area contributed by atoms with Crippen molar-refractivity contribution < 1.29 is 9.59 Å². The second kappa shape index (κ2) is 11.4. The molecule has 178 valence electrons. The van der Waals surface area contributed by atoms with E-state index in [-0.39, 0.29) is 11.7 Å². The SMILES string of the molecule is CCc1sc(-c2ccc(C(C)=O)cc2)nc1CCNCCC(=O)N1CCN(C2CCC2)CC1. The van der Waals surface area contributed by atoms with Gasteiger partial charge in [0, 0.05) is 74.2 Å². The third-order valence-electron chi connectivity index (χ3n) is 6.95.